The van der Waals surface area contributed by atoms with Gasteiger partial charge in [0, 0.05) is 0 Å². The van der Waals surface area contributed by atoms with Gasteiger partial charge in [-0.05, 0) is 49.9 Å². The van der Waals surface area contributed by atoms with Crippen LogP contribution in [0.25, 0.3) is 22.6 Å². The summed E-state index contributed by atoms with van der Waals surface area (Å²) in [5.74, 6) is 4.45. The molecule has 2 aromatic carbocycles. The van der Waals surface area contributed by atoms with E-state index in [1.807, 2.05) is 38.1 Å². The Hall–Kier alpha value is -3.10. The quantitative estimate of drug-likeness (QED) is 0.312. The van der Waals surface area contributed by atoms with Crippen LogP contribution >= 0.6 is 0 Å². The summed E-state index contributed by atoms with van der Waals surface area (Å²) in [6.45, 7) is 3.94. The molecule has 5 heteroatoms. The molecular formula is C36H26Cl2O2Zr. The van der Waals surface area contributed by atoms with E-state index in [9.17, 15) is 0 Å². The van der Waals surface area contributed by atoms with Gasteiger partial charge in [-0.25, -0.2) is 0 Å². The predicted octanol–water partition coefficient (Wildman–Crippen LogP) is 3.12. The smallest absolute Gasteiger partial charge is 1.00 e. The summed E-state index contributed by atoms with van der Waals surface area (Å²) in [7, 11) is 0. The number of furan rings is 2. The number of halogens is 2. The maximum atomic E-state index is 5.76. The average Bonchev–Trinajstić information content (AvgIpc) is 3.73. The van der Waals surface area contributed by atoms with Crippen molar-refractivity contribution in [1.82, 2.24) is 0 Å². The first kappa shape index (κ1) is 30.9. The van der Waals surface area contributed by atoms with E-state index in [1.54, 1.807) is 0 Å². The van der Waals surface area contributed by atoms with Gasteiger partial charge >= 0.3 is 26.2 Å². The fraction of sp³-hybridized carbons (Fsp3) is 0.111. The third-order valence-electron chi connectivity index (χ3n) is 7.46. The van der Waals surface area contributed by atoms with Crippen molar-refractivity contribution < 1.29 is 59.9 Å². The number of benzene rings is 2. The Balaban J connectivity index is 0.000000176. The van der Waals surface area contributed by atoms with Crippen molar-refractivity contribution in [2.45, 2.75) is 25.7 Å². The first-order chi connectivity index (χ1) is 18.7. The van der Waals surface area contributed by atoms with E-state index in [1.165, 1.54) is 33.4 Å². The third kappa shape index (κ3) is 5.69. The molecule has 200 valence electrons. The van der Waals surface area contributed by atoms with Crippen LogP contribution in [0.2, 0.25) is 0 Å². The molecule has 8 rings (SSSR count). The molecule has 0 bridgehead atoms. The van der Waals surface area contributed by atoms with Gasteiger partial charge in [-0.3, -0.25) is 0 Å². The SMILES string of the molecule is Cc1ccc(-c2cccc3c2[C-]=C2C=CC=CC23)o1.Cc1ccc(-c2cccc3c2[C-]=C2C=CC=CC23)o1.[Cl-].[Cl-].[Zr+4]. The van der Waals surface area contributed by atoms with Gasteiger partial charge in [-0.1, -0.05) is 59.7 Å². The Morgan fingerprint density at radius 3 is 1.39 bits per heavy atom. The van der Waals surface area contributed by atoms with Crippen molar-refractivity contribution in [3.05, 3.63) is 166 Å². The van der Waals surface area contributed by atoms with E-state index in [2.05, 4.69) is 97.2 Å². The molecule has 0 spiro atoms. The molecule has 0 radical (unpaired) electrons. The van der Waals surface area contributed by atoms with Crippen molar-refractivity contribution in [2.75, 3.05) is 0 Å². The second kappa shape index (κ2) is 12.8. The normalized spacial score (nSPS) is 17.8. The van der Waals surface area contributed by atoms with Crippen LogP contribution in [0.15, 0.2) is 129 Å². The molecule has 2 atom stereocenters. The van der Waals surface area contributed by atoms with Crippen molar-refractivity contribution in [1.29, 1.82) is 0 Å². The second-order valence-corrected chi connectivity index (χ2v) is 9.96. The first-order valence-electron chi connectivity index (χ1n) is 13.0. The number of aryl methyl sites for hydroxylation is 2. The minimum absolute atomic E-state index is 0. The molecule has 4 aliphatic carbocycles. The largest absolute Gasteiger partial charge is 4.00 e. The van der Waals surface area contributed by atoms with Crippen LogP contribution < -0.4 is 24.8 Å². The molecule has 2 unspecified atom stereocenters. The summed E-state index contributed by atoms with van der Waals surface area (Å²) in [4.78, 5) is 0. The van der Waals surface area contributed by atoms with Gasteiger partial charge in [0.2, 0.25) is 0 Å². The van der Waals surface area contributed by atoms with Crippen molar-refractivity contribution in [2.24, 2.45) is 0 Å². The molecule has 0 aliphatic heterocycles. The summed E-state index contributed by atoms with van der Waals surface area (Å²) < 4.78 is 11.5. The van der Waals surface area contributed by atoms with Crippen LogP contribution in [0.3, 0.4) is 0 Å². The Morgan fingerprint density at radius 1 is 0.561 bits per heavy atom. The van der Waals surface area contributed by atoms with Crippen LogP contribution in [-0.4, -0.2) is 0 Å². The summed E-state index contributed by atoms with van der Waals surface area (Å²) in [5.41, 5.74) is 9.75. The maximum absolute atomic E-state index is 5.76. The van der Waals surface area contributed by atoms with Gasteiger partial charge < -0.3 is 33.6 Å². The molecule has 2 nitrogen and oxygen atoms in total. The summed E-state index contributed by atoms with van der Waals surface area (Å²) in [6.07, 6.45) is 24.2. The third-order valence-corrected chi connectivity index (χ3v) is 7.46. The zero-order valence-corrected chi connectivity index (χ0v) is 26.6. The van der Waals surface area contributed by atoms with Crippen LogP contribution in [0.4, 0.5) is 0 Å². The van der Waals surface area contributed by atoms with Gasteiger partial charge in [0.25, 0.3) is 0 Å². The number of rotatable bonds is 2. The minimum Gasteiger partial charge on any atom is -1.00 e. The number of hydrogen-bond acceptors (Lipinski definition) is 2. The molecule has 4 aromatic rings. The van der Waals surface area contributed by atoms with E-state index >= 15 is 0 Å². The van der Waals surface area contributed by atoms with Gasteiger partial charge in [-0.15, -0.1) is 82.0 Å². The average molecular weight is 653 g/mol. The fourth-order valence-electron chi connectivity index (χ4n) is 5.66. The van der Waals surface area contributed by atoms with E-state index in [0.29, 0.717) is 11.8 Å². The van der Waals surface area contributed by atoms with Crippen molar-refractivity contribution >= 4 is 0 Å². The standard InChI is InChI=1S/2C18H13O.2ClH.Zr/c2*1-12-9-10-18(19-12)16-8-4-7-15-14-6-3-2-5-13(14)11-17(15)16;;;/h2*2-10,14H,1H3;2*1H;/q2*-1;;;+4/p-2. The number of hydrogen-bond donors (Lipinski definition) is 0. The summed E-state index contributed by atoms with van der Waals surface area (Å²) in [5, 5.41) is 0. The van der Waals surface area contributed by atoms with Gasteiger partial charge in [0.1, 0.15) is 0 Å². The molecule has 0 saturated carbocycles. The predicted molar refractivity (Wildman–Crippen MR) is 152 cm³/mol. The Morgan fingerprint density at radius 2 is 1.00 bits per heavy atom. The van der Waals surface area contributed by atoms with E-state index in [0.717, 1.165) is 34.2 Å². The maximum Gasteiger partial charge on any atom is 4.00 e. The Labute approximate surface area is 272 Å². The summed E-state index contributed by atoms with van der Waals surface area (Å²) >= 11 is 0. The molecule has 41 heavy (non-hydrogen) atoms. The van der Waals surface area contributed by atoms with E-state index < -0.39 is 0 Å². The van der Waals surface area contributed by atoms with Gasteiger partial charge in [0.15, 0.2) is 0 Å². The van der Waals surface area contributed by atoms with E-state index in [4.69, 9.17) is 8.83 Å². The second-order valence-electron chi connectivity index (χ2n) is 9.96. The van der Waals surface area contributed by atoms with Gasteiger partial charge in [-0.2, -0.15) is 0 Å². The van der Waals surface area contributed by atoms with Crippen LogP contribution in [0, 0.1) is 26.0 Å². The molecule has 0 amide bonds. The molecule has 0 N–H and O–H groups in total. The van der Waals surface area contributed by atoms with Crippen LogP contribution in [-0.2, 0) is 26.2 Å². The first-order valence-corrected chi connectivity index (χ1v) is 13.0. The molecule has 4 aliphatic rings. The Kier molecular flexibility index (Phi) is 9.65. The van der Waals surface area contributed by atoms with Crippen LogP contribution in [0.1, 0.15) is 45.6 Å². The molecule has 0 saturated heterocycles. The van der Waals surface area contributed by atoms with Crippen molar-refractivity contribution in [3.8, 4) is 22.6 Å². The zero-order chi connectivity index (χ0) is 25.6. The Bertz CT molecular complexity index is 1630. The minimum atomic E-state index is 0. The molecule has 0 fully saturated rings. The topological polar surface area (TPSA) is 26.3 Å². The fourth-order valence-corrected chi connectivity index (χ4v) is 5.66. The molecular weight excluding hydrogens is 627 g/mol. The van der Waals surface area contributed by atoms with Gasteiger partial charge in [0.05, 0.1) is 23.0 Å². The zero-order valence-electron chi connectivity index (χ0n) is 22.6. The van der Waals surface area contributed by atoms with Crippen LogP contribution in [0.5, 0.6) is 0 Å². The molecule has 2 aromatic heterocycles. The van der Waals surface area contributed by atoms with E-state index in [-0.39, 0.29) is 51.0 Å². The number of fused-ring (bicyclic) bond motifs is 6. The monoisotopic (exact) mass is 650 g/mol. The van der Waals surface area contributed by atoms with Crippen molar-refractivity contribution in [3.63, 3.8) is 0 Å². The number of allylic oxidation sites excluding steroid dienone is 10. The molecule has 2 heterocycles. The summed E-state index contributed by atoms with van der Waals surface area (Å²) in [6, 6.07) is 20.9.